The molecule has 128 valence electrons. The third-order valence-electron chi connectivity index (χ3n) is 4.26. The molecule has 2 aromatic rings. The molecule has 0 saturated carbocycles. The Labute approximate surface area is 157 Å². The number of halogens is 1. The average Bonchev–Trinajstić information content (AvgIpc) is 2.94. The molecule has 1 aliphatic rings. The first-order chi connectivity index (χ1) is 11.8. The Balaban J connectivity index is 1.63. The normalized spacial score (nSPS) is 26.6. The molecule has 4 atom stereocenters. The quantitative estimate of drug-likeness (QED) is 0.475. The topological polar surface area (TPSA) is 27.7 Å². The summed E-state index contributed by atoms with van der Waals surface area (Å²) in [5, 5.41) is 0. The standard InChI is InChI=1S/C20H23IO3/c1-15-19(22-13-16-8-4-2-5-9-16)20(18(12-21)24-15)23-14-17-10-6-3-7-11-17/h2-11,15,18-20H,12-14H2,1H3/t15?,18-,19+,20+/m1/s1. The molecule has 0 bridgehead atoms. The molecule has 4 heteroatoms. The average molecular weight is 438 g/mol. The third-order valence-corrected chi connectivity index (χ3v) is 5.13. The molecule has 1 aliphatic heterocycles. The van der Waals surface area contributed by atoms with Gasteiger partial charge in [0.25, 0.3) is 0 Å². The summed E-state index contributed by atoms with van der Waals surface area (Å²) in [5.41, 5.74) is 2.34. The maximum Gasteiger partial charge on any atom is 0.113 e. The van der Waals surface area contributed by atoms with Gasteiger partial charge in [-0.15, -0.1) is 0 Å². The van der Waals surface area contributed by atoms with Crippen molar-refractivity contribution in [1.82, 2.24) is 0 Å². The van der Waals surface area contributed by atoms with Crippen molar-refractivity contribution in [3.05, 3.63) is 71.8 Å². The van der Waals surface area contributed by atoms with E-state index in [9.17, 15) is 0 Å². The van der Waals surface area contributed by atoms with Crippen molar-refractivity contribution in [2.45, 2.75) is 44.6 Å². The van der Waals surface area contributed by atoms with Crippen LogP contribution in [0, 0.1) is 0 Å². The molecule has 0 N–H and O–H groups in total. The van der Waals surface area contributed by atoms with E-state index in [4.69, 9.17) is 14.2 Å². The van der Waals surface area contributed by atoms with Gasteiger partial charge in [0.05, 0.1) is 25.4 Å². The Morgan fingerprint density at radius 1 is 0.833 bits per heavy atom. The second-order valence-corrected chi connectivity index (χ2v) is 6.94. The van der Waals surface area contributed by atoms with Gasteiger partial charge in [0.15, 0.2) is 0 Å². The zero-order valence-electron chi connectivity index (χ0n) is 13.8. The Kier molecular flexibility index (Phi) is 6.66. The number of benzene rings is 2. The minimum absolute atomic E-state index is 0.0363. The number of alkyl halides is 1. The zero-order chi connectivity index (χ0) is 16.8. The van der Waals surface area contributed by atoms with E-state index in [1.54, 1.807) is 0 Å². The van der Waals surface area contributed by atoms with Gasteiger partial charge in [0.2, 0.25) is 0 Å². The van der Waals surface area contributed by atoms with Crippen LogP contribution in [-0.4, -0.2) is 28.8 Å². The summed E-state index contributed by atoms with van der Waals surface area (Å²) in [6, 6.07) is 20.5. The van der Waals surface area contributed by atoms with Crippen molar-refractivity contribution < 1.29 is 14.2 Å². The maximum absolute atomic E-state index is 6.21. The minimum Gasteiger partial charge on any atom is -0.369 e. The summed E-state index contributed by atoms with van der Waals surface area (Å²) in [5.74, 6) is 0. The first-order valence-electron chi connectivity index (χ1n) is 8.30. The first-order valence-corrected chi connectivity index (χ1v) is 9.83. The molecule has 1 heterocycles. The Morgan fingerprint density at radius 2 is 1.33 bits per heavy atom. The van der Waals surface area contributed by atoms with Gasteiger partial charge in [0, 0.05) is 4.43 Å². The molecule has 0 spiro atoms. The highest BCUT2D eigenvalue weighted by molar-refractivity contribution is 14.1. The van der Waals surface area contributed by atoms with Crippen LogP contribution in [0.3, 0.4) is 0 Å². The van der Waals surface area contributed by atoms with Gasteiger partial charge in [-0.2, -0.15) is 0 Å². The molecule has 1 saturated heterocycles. The van der Waals surface area contributed by atoms with Gasteiger partial charge in [0.1, 0.15) is 12.2 Å². The molecule has 1 unspecified atom stereocenters. The second kappa shape index (κ2) is 8.94. The van der Waals surface area contributed by atoms with Crippen LogP contribution in [0.1, 0.15) is 18.1 Å². The van der Waals surface area contributed by atoms with Crippen LogP contribution in [0.5, 0.6) is 0 Å². The van der Waals surface area contributed by atoms with Crippen molar-refractivity contribution in [3.63, 3.8) is 0 Å². The fraction of sp³-hybridized carbons (Fsp3) is 0.400. The summed E-state index contributed by atoms with van der Waals surface area (Å²) in [6.45, 7) is 3.24. The Hall–Kier alpha value is -0.950. The lowest BCUT2D eigenvalue weighted by Gasteiger charge is -2.24. The monoisotopic (exact) mass is 438 g/mol. The molecule has 3 nitrogen and oxygen atoms in total. The summed E-state index contributed by atoms with van der Waals surface area (Å²) in [6.07, 6.45) is 0.0221. The highest BCUT2D eigenvalue weighted by atomic mass is 127. The highest BCUT2D eigenvalue weighted by Crippen LogP contribution is 2.29. The molecule has 0 amide bonds. The Bertz CT molecular complexity index is 605. The lowest BCUT2D eigenvalue weighted by atomic mass is 10.1. The largest absolute Gasteiger partial charge is 0.369 e. The van der Waals surface area contributed by atoms with E-state index in [-0.39, 0.29) is 24.4 Å². The number of rotatable bonds is 7. The van der Waals surface area contributed by atoms with Gasteiger partial charge >= 0.3 is 0 Å². The molecular weight excluding hydrogens is 415 g/mol. The predicted molar refractivity (Wildman–Crippen MR) is 103 cm³/mol. The number of hydrogen-bond donors (Lipinski definition) is 0. The SMILES string of the molecule is CC1O[C@H](CI)[C@H](OCc2ccccc2)[C@H]1OCc1ccccc1. The van der Waals surface area contributed by atoms with E-state index < -0.39 is 0 Å². The van der Waals surface area contributed by atoms with Crippen LogP contribution < -0.4 is 0 Å². The van der Waals surface area contributed by atoms with Crippen LogP contribution in [0.4, 0.5) is 0 Å². The highest BCUT2D eigenvalue weighted by Gasteiger charge is 2.43. The molecule has 0 aliphatic carbocycles. The van der Waals surface area contributed by atoms with Crippen molar-refractivity contribution in [1.29, 1.82) is 0 Å². The lowest BCUT2D eigenvalue weighted by Crippen LogP contribution is -2.37. The molecule has 2 aromatic carbocycles. The minimum atomic E-state index is -0.0475. The summed E-state index contributed by atoms with van der Waals surface area (Å²) in [7, 11) is 0. The summed E-state index contributed by atoms with van der Waals surface area (Å²) < 4.78 is 19.3. The van der Waals surface area contributed by atoms with Crippen LogP contribution in [-0.2, 0) is 27.4 Å². The zero-order valence-corrected chi connectivity index (χ0v) is 16.0. The molecule has 0 radical (unpaired) electrons. The predicted octanol–water partition coefficient (Wildman–Crippen LogP) is 4.38. The van der Waals surface area contributed by atoms with Crippen LogP contribution in [0.2, 0.25) is 0 Å². The second-order valence-electron chi connectivity index (χ2n) is 6.06. The molecule has 3 rings (SSSR count). The van der Waals surface area contributed by atoms with E-state index in [1.807, 2.05) is 36.4 Å². The van der Waals surface area contributed by atoms with Gasteiger partial charge in [-0.25, -0.2) is 0 Å². The van der Waals surface area contributed by atoms with E-state index >= 15 is 0 Å². The van der Waals surface area contributed by atoms with Gasteiger partial charge in [-0.05, 0) is 18.1 Å². The fourth-order valence-electron chi connectivity index (χ4n) is 3.00. The number of hydrogen-bond acceptors (Lipinski definition) is 3. The molecular formula is C20H23IO3. The molecule has 24 heavy (non-hydrogen) atoms. The van der Waals surface area contributed by atoms with Crippen LogP contribution in [0.15, 0.2) is 60.7 Å². The van der Waals surface area contributed by atoms with Crippen LogP contribution in [0.25, 0.3) is 0 Å². The van der Waals surface area contributed by atoms with Crippen molar-refractivity contribution >= 4 is 22.6 Å². The van der Waals surface area contributed by atoms with E-state index in [0.29, 0.717) is 13.2 Å². The molecule has 1 fully saturated rings. The van der Waals surface area contributed by atoms with E-state index in [0.717, 1.165) is 4.43 Å². The third kappa shape index (κ3) is 4.57. The first kappa shape index (κ1) is 17.9. The van der Waals surface area contributed by atoms with Gasteiger partial charge in [-0.3, -0.25) is 0 Å². The van der Waals surface area contributed by atoms with Crippen molar-refractivity contribution in [2.75, 3.05) is 4.43 Å². The fourth-order valence-corrected chi connectivity index (χ4v) is 3.71. The molecule has 0 aromatic heterocycles. The van der Waals surface area contributed by atoms with Gasteiger partial charge < -0.3 is 14.2 Å². The van der Waals surface area contributed by atoms with E-state index in [1.165, 1.54) is 11.1 Å². The van der Waals surface area contributed by atoms with Crippen molar-refractivity contribution in [3.8, 4) is 0 Å². The maximum atomic E-state index is 6.21. The van der Waals surface area contributed by atoms with Gasteiger partial charge in [-0.1, -0.05) is 83.3 Å². The number of ether oxygens (including phenoxy) is 3. The van der Waals surface area contributed by atoms with Crippen molar-refractivity contribution in [2.24, 2.45) is 0 Å². The summed E-state index contributed by atoms with van der Waals surface area (Å²) in [4.78, 5) is 0. The Morgan fingerprint density at radius 3 is 1.83 bits per heavy atom. The van der Waals surface area contributed by atoms with E-state index in [2.05, 4.69) is 53.8 Å². The van der Waals surface area contributed by atoms with Crippen LogP contribution >= 0.6 is 22.6 Å². The smallest absolute Gasteiger partial charge is 0.113 e. The lowest BCUT2D eigenvalue weighted by molar-refractivity contribution is -0.0752. The summed E-state index contributed by atoms with van der Waals surface area (Å²) >= 11 is 2.36.